The lowest BCUT2D eigenvalue weighted by molar-refractivity contribution is -0.158. The van der Waals surface area contributed by atoms with Crippen molar-refractivity contribution in [3.63, 3.8) is 0 Å². The minimum Gasteiger partial charge on any atom is -0.392 e. The molecule has 94 valence electrons. The Labute approximate surface area is 95.1 Å². The van der Waals surface area contributed by atoms with Crippen molar-refractivity contribution in [3.05, 3.63) is 0 Å². The topological polar surface area (TPSA) is 104 Å². The summed E-state index contributed by atoms with van der Waals surface area (Å²) in [6.07, 6.45) is 1.27. The van der Waals surface area contributed by atoms with Crippen LogP contribution in [0.25, 0.3) is 0 Å². The van der Waals surface area contributed by atoms with E-state index in [9.17, 15) is 18.0 Å². The number of hydrogen-bond donors (Lipinski definition) is 1. The zero-order valence-corrected chi connectivity index (χ0v) is 10.2. The lowest BCUT2D eigenvalue weighted by Crippen LogP contribution is -2.40. The van der Waals surface area contributed by atoms with E-state index in [-0.39, 0.29) is 5.75 Å². The number of nitrogens with two attached hydrogens (primary N) is 1. The smallest absolute Gasteiger partial charge is 0.331 e. The van der Waals surface area contributed by atoms with E-state index in [1.54, 1.807) is 0 Å². The Kier molecular flexibility index (Phi) is 6.20. The summed E-state index contributed by atoms with van der Waals surface area (Å²) in [6.45, 7) is 2.91. The molecule has 0 saturated carbocycles. The fourth-order valence-corrected chi connectivity index (χ4v) is 2.58. The van der Waals surface area contributed by atoms with Crippen molar-refractivity contribution in [3.8, 4) is 0 Å². The van der Waals surface area contributed by atoms with E-state index in [0.717, 1.165) is 13.3 Å². The van der Waals surface area contributed by atoms with Crippen LogP contribution in [-0.4, -0.2) is 37.9 Å². The van der Waals surface area contributed by atoms with Crippen LogP contribution in [-0.2, 0) is 24.2 Å². The fourth-order valence-electron chi connectivity index (χ4n) is 1.01. The van der Waals surface area contributed by atoms with Gasteiger partial charge in [0.25, 0.3) is 0 Å². The van der Waals surface area contributed by atoms with E-state index >= 15 is 0 Å². The SMILES string of the molecule is CCCCS(=O)(=O)C[C@@H](N)C(=O)OC(C)=O. The molecule has 7 heteroatoms. The molecule has 1 atom stereocenters. The molecule has 0 spiro atoms. The molecule has 0 amide bonds. The van der Waals surface area contributed by atoms with E-state index < -0.39 is 33.6 Å². The molecule has 0 bridgehead atoms. The first kappa shape index (κ1) is 15.0. The van der Waals surface area contributed by atoms with E-state index in [0.29, 0.717) is 6.42 Å². The van der Waals surface area contributed by atoms with Crippen molar-refractivity contribution in [1.82, 2.24) is 0 Å². The summed E-state index contributed by atoms with van der Waals surface area (Å²) >= 11 is 0. The van der Waals surface area contributed by atoms with E-state index in [4.69, 9.17) is 5.73 Å². The maximum Gasteiger partial charge on any atom is 0.331 e. The van der Waals surface area contributed by atoms with Gasteiger partial charge < -0.3 is 10.5 Å². The molecule has 0 unspecified atom stereocenters. The number of hydrogen-bond acceptors (Lipinski definition) is 6. The van der Waals surface area contributed by atoms with Crippen LogP contribution in [0.5, 0.6) is 0 Å². The first-order valence-electron chi connectivity index (χ1n) is 4.96. The number of carbonyl (C=O) groups is 2. The van der Waals surface area contributed by atoms with Gasteiger partial charge in [0, 0.05) is 6.92 Å². The van der Waals surface area contributed by atoms with Gasteiger partial charge in [0.1, 0.15) is 6.04 Å². The number of sulfone groups is 1. The summed E-state index contributed by atoms with van der Waals surface area (Å²) in [5.74, 6) is -2.30. The summed E-state index contributed by atoms with van der Waals surface area (Å²) in [5.41, 5.74) is 5.32. The second-order valence-electron chi connectivity index (χ2n) is 3.49. The second kappa shape index (κ2) is 6.59. The predicted molar refractivity (Wildman–Crippen MR) is 58.3 cm³/mol. The lowest BCUT2D eigenvalue weighted by atomic mass is 10.4. The molecule has 0 aliphatic heterocycles. The molecule has 6 nitrogen and oxygen atoms in total. The number of carbonyl (C=O) groups excluding carboxylic acids is 2. The molecule has 0 aromatic rings. The quantitative estimate of drug-likeness (QED) is 0.509. The first-order valence-corrected chi connectivity index (χ1v) is 6.79. The van der Waals surface area contributed by atoms with E-state index in [2.05, 4.69) is 4.74 Å². The highest BCUT2D eigenvalue weighted by atomic mass is 32.2. The third-order valence-corrected chi connectivity index (χ3v) is 3.57. The Balaban J connectivity index is 4.27. The molecule has 0 rings (SSSR count). The van der Waals surface area contributed by atoms with Gasteiger partial charge in [-0.1, -0.05) is 13.3 Å². The predicted octanol–water partition coefficient (Wildman–Crippen LogP) is -0.382. The summed E-state index contributed by atoms with van der Waals surface area (Å²) in [7, 11) is -3.36. The van der Waals surface area contributed by atoms with E-state index in [1.807, 2.05) is 6.92 Å². The summed E-state index contributed by atoms with van der Waals surface area (Å²) in [6, 6.07) is -1.30. The van der Waals surface area contributed by atoms with Crippen molar-refractivity contribution in [2.24, 2.45) is 5.73 Å². The maximum absolute atomic E-state index is 11.4. The third kappa shape index (κ3) is 6.52. The van der Waals surface area contributed by atoms with Gasteiger partial charge >= 0.3 is 11.9 Å². The Hall–Kier alpha value is -0.950. The largest absolute Gasteiger partial charge is 0.392 e. The van der Waals surface area contributed by atoms with Gasteiger partial charge in [-0.3, -0.25) is 4.79 Å². The Bertz CT molecular complexity index is 349. The van der Waals surface area contributed by atoms with Gasteiger partial charge in [-0.25, -0.2) is 13.2 Å². The minimum absolute atomic E-state index is 0.00937. The van der Waals surface area contributed by atoms with Crippen molar-refractivity contribution in [1.29, 1.82) is 0 Å². The van der Waals surface area contributed by atoms with Crippen molar-refractivity contribution in [2.75, 3.05) is 11.5 Å². The van der Waals surface area contributed by atoms with Crippen LogP contribution in [0.4, 0.5) is 0 Å². The van der Waals surface area contributed by atoms with Crippen LogP contribution in [0.15, 0.2) is 0 Å². The zero-order chi connectivity index (χ0) is 12.8. The minimum atomic E-state index is -3.36. The average Bonchev–Trinajstić information content (AvgIpc) is 2.13. The molecule has 0 saturated heterocycles. The monoisotopic (exact) mass is 251 g/mol. The molecular weight excluding hydrogens is 234 g/mol. The summed E-state index contributed by atoms with van der Waals surface area (Å²) < 4.78 is 27.0. The Morgan fingerprint density at radius 3 is 2.38 bits per heavy atom. The molecule has 0 fully saturated rings. The summed E-state index contributed by atoms with van der Waals surface area (Å²) in [5, 5.41) is 0. The number of ether oxygens (including phenoxy) is 1. The molecule has 16 heavy (non-hydrogen) atoms. The van der Waals surface area contributed by atoms with Crippen molar-refractivity contribution in [2.45, 2.75) is 32.7 Å². The van der Waals surface area contributed by atoms with Crippen LogP contribution in [0.2, 0.25) is 0 Å². The second-order valence-corrected chi connectivity index (χ2v) is 5.72. The lowest BCUT2D eigenvalue weighted by Gasteiger charge is -2.09. The number of esters is 2. The standard InChI is InChI=1S/C9H17NO5S/c1-3-4-5-16(13,14)6-8(10)9(12)15-7(2)11/h8H,3-6,10H2,1-2H3/t8-/m1/s1. The van der Waals surface area contributed by atoms with Crippen molar-refractivity contribution < 1.29 is 22.7 Å². The maximum atomic E-state index is 11.4. The Morgan fingerprint density at radius 2 is 1.94 bits per heavy atom. The molecular formula is C9H17NO5S. The molecule has 0 aliphatic carbocycles. The molecule has 0 aromatic heterocycles. The van der Waals surface area contributed by atoms with Crippen molar-refractivity contribution >= 4 is 21.8 Å². The molecule has 0 aromatic carbocycles. The van der Waals surface area contributed by atoms with Gasteiger partial charge in [0.15, 0.2) is 9.84 Å². The molecule has 0 heterocycles. The van der Waals surface area contributed by atoms with Crippen LogP contribution in [0.1, 0.15) is 26.7 Å². The van der Waals surface area contributed by atoms with Crippen LogP contribution >= 0.6 is 0 Å². The number of unbranched alkanes of at least 4 members (excludes halogenated alkanes) is 1. The van der Waals surface area contributed by atoms with Gasteiger partial charge in [0.2, 0.25) is 0 Å². The highest BCUT2D eigenvalue weighted by Gasteiger charge is 2.23. The highest BCUT2D eigenvalue weighted by Crippen LogP contribution is 2.00. The van der Waals surface area contributed by atoms with Gasteiger partial charge in [-0.05, 0) is 6.42 Å². The molecule has 0 aliphatic rings. The van der Waals surface area contributed by atoms with Crippen LogP contribution in [0, 0.1) is 0 Å². The Morgan fingerprint density at radius 1 is 1.38 bits per heavy atom. The molecule has 0 radical (unpaired) electrons. The normalized spacial score (nSPS) is 13.2. The fraction of sp³-hybridized carbons (Fsp3) is 0.778. The average molecular weight is 251 g/mol. The molecule has 2 N–H and O–H groups in total. The zero-order valence-electron chi connectivity index (χ0n) is 9.43. The highest BCUT2D eigenvalue weighted by molar-refractivity contribution is 7.91. The van der Waals surface area contributed by atoms with Gasteiger partial charge in [0.05, 0.1) is 11.5 Å². The first-order chi connectivity index (χ1) is 7.28. The van der Waals surface area contributed by atoms with Crippen LogP contribution < -0.4 is 5.73 Å². The van der Waals surface area contributed by atoms with Gasteiger partial charge in [-0.2, -0.15) is 0 Å². The number of rotatable bonds is 6. The van der Waals surface area contributed by atoms with E-state index in [1.165, 1.54) is 0 Å². The third-order valence-electron chi connectivity index (χ3n) is 1.79. The van der Waals surface area contributed by atoms with Crippen LogP contribution in [0.3, 0.4) is 0 Å². The van der Waals surface area contributed by atoms with Gasteiger partial charge in [-0.15, -0.1) is 0 Å². The summed E-state index contributed by atoms with van der Waals surface area (Å²) in [4.78, 5) is 21.5.